The van der Waals surface area contributed by atoms with E-state index in [1.807, 2.05) is 0 Å². The van der Waals surface area contributed by atoms with Crippen LogP contribution in [-0.2, 0) is 0 Å². The molecular weight excluding hydrogens is 194 g/mol. The Labute approximate surface area is 101 Å². The van der Waals surface area contributed by atoms with Gasteiger partial charge in [0.2, 0.25) is 0 Å². The van der Waals surface area contributed by atoms with E-state index in [9.17, 15) is 0 Å². The van der Waals surface area contributed by atoms with Crippen LogP contribution in [0.4, 0.5) is 0 Å². The second kappa shape index (κ2) is 6.24. The standard InChI is InChI=1S/C15H27N/c1-5-11(2)15(9-8-14-6-7-14)13(4)12(3)10-16/h5,12,14H,6-10,16H2,1-4H3/b11-5-,15-13+/t12-/m0/s1. The van der Waals surface area contributed by atoms with E-state index in [2.05, 4.69) is 33.8 Å². The molecule has 0 bridgehead atoms. The molecule has 1 saturated carbocycles. The molecule has 1 fully saturated rings. The smallest absolute Gasteiger partial charge is 0.00140 e. The van der Waals surface area contributed by atoms with Gasteiger partial charge in [-0.15, -0.1) is 0 Å². The lowest BCUT2D eigenvalue weighted by Gasteiger charge is -2.17. The minimum Gasteiger partial charge on any atom is -0.330 e. The van der Waals surface area contributed by atoms with Crippen LogP contribution in [0, 0.1) is 11.8 Å². The first-order valence-electron chi connectivity index (χ1n) is 6.63. The zero-order valence-electron chi connectivity index (χ0n) is 11.3. The summed E-state index contributed by atoms with van der Waals surface area (Å²) in [5, 5.41) is 0. The van der Waals surface area contributed by atoms with Crippen LogP contribution >= 0.6 is 0 Å². The highest BCUT2D eigenvalue weighted by Gasteiger charge is 2.22. The van der Waals surface area contributed by atoms with E-state index in [1.54, 1.807) is 5.57 Å². The fourth-order valence-corrected chi connectivity index (χ4v) is 2.11. The first-order valence-corrected chi connectivity index (χ1v) is 6.63. The lowest BCUT2D eigenvalue weighted by Crippen LogP contribution is -2.13. The molecular formula is C15H27N. The molecule has 2 N–H and O–H groups in total. The van der Waals surface area contributed by atoms with Gasteiger partial charge >= 0.3 is 0 Å². The van der Waals surface area contributed by atoms with Gasteiger partial charge in [0.05, 0.1) is 0 Å². The molecule has 0 aliphatic heterocycles. The molecule has 0 radical (unpaired) electrons. The van der Waals surface area contributed by atoms with E-state index in [4.69, 9.17) is 5.73 Å². The van der Waals surface area contributed by atoms with Crippen LogP contribution in [0.25, 0.3) is 0 Å². The average molecular weight is 221 g/mol. The molecule has 0 saturated heterocycles. The third-order valence-corrected chi connectivity index (χ3v) is 3.98. The zero-order valence-corrected chi connectivity index (χ0v) is 11.3. The van der Waals surface area contributed by atoms with Gasteiger partial charge in [0.15, 0.2) is 0 Å². The quantitative estimate of drug-likeness (QED) is 0.673. The van der Waals surface area contributed by atoms with Crippen LogP contribution in [0.15, 0.2) is 22.8 Å². The van der Waals surface area contributed by atoms with Gasteiger partial charge in [-0.25, -0.2) is 0 Å². The summed E-state index contributed by atoms with van der Waals surface area (Å²) in [5.41, 5.74) is 10.3. The lowest BCUT2D eigenvalue weighted by molar-refractivity contribution is 0.661. The Morgan fingerprint density at radius 1 is 1.38 bits per heavy atom. The van der Waals surface area contributed by atoms with Crippen molar-refractivity contribution < 1.29 is 0 Å². The van der Waals surface area contributed by atoms with Gasteiger partial charge in [0, 0.05) is 0 Å². The Morgan fingerprint density at radius 2 is 2.00 bits per heavy atom. The Hall–Kier alpha value is -0.560. The molecule has 1 nitrogen and oxygen atoms in total. The maximum absolute atomic E-state index is 5.77. The molecule has 0 aromatic heterocycles. The highest BCUT2D eigenvalue weighted by Crippen LogP contribution is 2.36. The second-order valence-electron chi connectivity index (χ2n) is 5.25. The minimum absolute atomic E-state index is 0.518. The van der Waals surface area contributed by atoms with Crippen molar-refractivity contribution in [2.24, 2.45) is 17.6 Å². The summed E-state index contributed by atoms with van der Waals surface area (Å²) in [5.74, 6) is 1.53. The van der Waals surface area contributed by atoms with Crippen molar-refractivity contribution in [3.8, 4) is 0 Å². The summed E-state index contributed by atoms with van der Waals surface area (Å²) in [4.78, 5) is 0. The molecule has 1 heteroatoms. The topological polar surface area (TPSA) is 26.0 Å². The Kier molecular flexibility index (Phi) is 5.27. The Bertz CT molecular complexity index is 282. The second-order valence-corrected chi connectivity index (χ2v) is 5.25. The van der Waals surface area contributed by atoms with Crippen LogP contribution in [0.1, 0.15) is 53.4 Å². The maximum atomic E-state index is 5.77. The van der Waals surface area contributed by atoms with Crippen LogP contribution in [-0.4, -0.2) is 6.54 Å². The predicted molar refractivity (Wildman–Crippen MR) is 72.3 cm³/mol. The van der Waals surface area contributed by atoms with Gasteiger partial charge in [0.25, 0.3) is 0 Å². The largest absolute Gasteiger partial charge is 0.330 e. The van der Waals surface area contributed by atoms with Gasteiger partial charge in [-0.05, 0) is 57.6 Å². The molecule has 1 atom stereocenters. The number of hydrogen-bond acceptors (Lipinski definition) is 1. The molecule has 1 aliphatic carbocycles. The van der Waals surface area contributed by atoms with Crippen molar-refractivity contribution in [3.63, 3.8) is 0 Å². The highest BCUT2D eigenvalue weighted by atomic mass is 14.5. The molecule has 1 aliphatic rings. The normalized spacial score (nSPS) is 20.7. The molecule has 92 valence electrons. The van der Waals surface area contributed by atoms with E-state index in [-0.39, 0.29) is 0 Å². The van der Waals surface area contributed by atoms with Gasteiger partial charge in [0.1, 0.15) is 0 Å². The molecule has 0 spiro atoms. The molecule has 16 heavy (non-hydrogen) atoms. The third-order valence-electron chi connectivity index (χ3n) is 3.98. The van der Waals surface area contributed by atoms with E-state index in [1.165, 1.54) is 36.8 Å². The number of hydrogen-bond donors (Lipinski definition) is 1. The number of nitrogens with two attached hydrogens (primary N) is 1. The molecule has 0 amide bonds. The molecule has 0 aromatic carbocycles. The summed E-state index contributed by atoms with van der Waals surface area (Å²) in [6.07, 6.45) is 7.75. The van der Waals surface area contributed by atoms with Crippen molar-refractivity contribution >= 4 is 0 Å². The van der Waals surface area contributed by atoms with E-state index in [0.29, 0.717) is 5.92 Å². The molecule has 1 rings (SSSR count). The van der Waals surface area contributed by atoms with Crippen molar-refractivity contribution in [3.05, 3.63) is 22.8 Å². The number of rotatable bonds is 6. The Balaban J connectivity index is 2.74. The average Bonchev–Trinajstić information content (AvgIpc) is 3.11. The number of allylic oxidation sites excluding steroid dienone is 3. The first kappa shape index (κ1) is 13.5. The van der Waals surface area contributed by atoms with E-state index < -0.39 is 0 Å². The van der Waals surface area contributed by atoms with Crippen molar-refractivity contribution in [2.45, 2.75) is 53.4 Å². The van der Waals surface area contributed by atoms with Crippen LogP contribution < -0.4 is 5.73 Å². The monoisotopic (exact) mass is 221 g/mol. The van der Waals surface area contributed by atoms with Gasteiger partial charge in [-0.1, -0.05) is 37.0 Å². The molecule has 0 aromatic rings. The highest BCUT2D eigenvalue weighted by molar-refractivity contribution is 5.34. The van der Waals surface area contributed by atoms with Gasteiger partial charge in [-0.2, -0.15) is 0 Å². The molecule has 0 unspecified atom stereocenters. The fraction of sp³-hybridized carbons (Fsp3) is 0.733. The summed E-state index contributed by atoms with van der Waals surface area (Å²) < 4.78 is 0. The van der Waals surface area contributed by atoms with Crippen molar-refractivity contribution in [1.82, 2.24) is 0 Å². The predicted octanol–water partition coefficient (Wildman–Crippen LogP) is 4.05. The SMILES string of the molecule is C/C=C(C)\C(CCC1CC1)=C(/C)[C@@H](C)CN. The Morgan fingerprint density at radius 3 is 2.44 bits per heavy atom. The van der Waals surface area contributed by atoms with Crippen LogP contribution in [0.3, 0.4) is 0 Å². The van der Waals surface area contributed by atoms with Crippen molar-refractivity contribution in [2.75, 3.05) is 6.54 Å². The summed E-state index contributed by atoms with van der Waals surface area (Å²) >= 11 is 0. The van der Waals surface area contributed by atoms with Crippen LogP contribution in [0.5, 0.6) is 0 Å². The van der Waals surface area contributed by atoms with E-state index in [0.717, 1.165) is 12.5 Å². The first-order chi connectivity index (χ1) is 7.60. The fourth-order valence-electron chi connectivity index (χ4n) is 2.11. The summed E-state index contributed by atoms with van der Waals surface area (Å²) in [7, 11) is 0. The summed E-state index contributed by atoms with van der Waals surface area (Å²) in [6, 6.07) is 0. The van der Waals surface area contributed by atoms with Crippen LogP contribution in [0.2, 0.25) is 0 Å². The third kappa shape index (κ3) is 3.79. The zero-order chi connectivity index (χ0) is 12.1. The van der Waals surface area contributed by atoms with Gasteiger partial charge < -0.3 is 5.73 Å². The van der Waals surface area contributed by atoms with E-state index >= 15 is 0 Å². The molecule has 0 heterocycles. The lowest BCUT2D eigenvalue weighted by atomic mass is 9.89. The summed E-state index contributed by atoms with van der Waals surface area (Å²) in [6.45, 7) is 9.61. The maximum Gasteiger partial charge on any atom is -0.00140 e. The van der Waals surface area contributed by atoms with Crippen molar-refractivity contribution in [1.29, 1.82) is 0 Å². The minimum atomic E-state index is 0.518. The van der Waals surface area contributed by atoms with Gasteiger partial charge in [-0.3, -0.25) is 0 Å².